The molecule has 0 amide bonds. The Balaban J connectivity index is 2.06. The number of aliphatic hydroxyl groups excluding tert-OH is 1. The van der Waals surface area contributed by atoms with E-state index in [9.17, 15) is 28.2 Å². The number of aliphatic hydroxyl groups is 1. The molecule has 168 valence electrons. The van der Waals surface area contributed by atoms with Gasteiger partial charge >= 0.3 is 12.1 Å². The number of hydrogen-bond donors (Lipinski definition) is 2. The van der Waals surface area contributed by atoms with Gasteiger partial charge in [0.05, 0.1) is 29.9 Å². The zero-order chi connectivity index (χ0) is 23.5. The highest BCUT2D eigenvalue weighted by molar-refractivity contribution is 8.18. The first kappa shape index (κ1) is 23.3. The summed E-state index contributed by atoms with van der Waals surface area (Å²) in [6, 6.07) is 8.79. The van der Waals surface area contributed by atoms with E-state index in [1.54, 1.807) is 19.1 Å². The summed E-state index contributed by atoms with van der Waals surface area (Å²) in [5.41, 5.74) is -0.894. The van der Waals surface area contributed by atoms with Crippen molar-refractivity contribution in [2.24, 2.45) is 4.99 Å². The summed E-state index contributed by atoms with van der Waals surface area (Å²) in [7, 11) is 1.44. The molecule has 2 N–H and O–H groups in total. The second-order valence-corrected chi connectivity index (χ2v) is 7.48. The molecule has 10 heteroatoms. The number of nitrogens with zero attached hydrogens (tertiary/aromatic N) is 1. The monoisotopic (exact) mass is 465 g/mol. The van der Waals surface area contributed by atoms with E-state index in [4.69, 9.17) is 9.47 Å². The largest absolute Gasteiger partial charge is 0.507 e. The second kappa shape index (κ2) is 9.39. The molecule has 0 aromatic heterocycles. The Bertz CT molecular complexity index is 1140. The minimum atomic E-state index is -4.56. The predicted octanol–water partition coefficient (Wildman–Crippen LogP) is 5.61. The summed E-state index contributed by atoms with van der Waals surface area (Å²) >= 11 is 0.865. The fourth-order valence-electron chi connectivity index (χ4n) is 2.77. The number of aromatic hydroxyl groups is 1. The summed E-state index contributed by atoms with van der Waals surface area (Å²) in [5.74, 6) is -1.03. The van der Waals surface area contributed by atoms with Crippen LogP contribution in [0.3, 0.4) is 0 Å². The molecule has 0 spiro atoms. The number of phenolic OH excluding ortho intramolecular Hbond substituents is 1. The molecule has 0 radical (unpaired) electrons. The van der Waals surface area contributed by atoms with Gasteiger partial charge in [0.25, 0.3) is 0 Å². The molecule has 6 nitrogen and oxygen atoms in total. The number of aliphatic imine (C=N–C) groups is 1. The molecule has 2 aromatic rings. The van der Waals surface area contributed by atoms with Gasteiger partial charge in [-0.1, -0.05) is 17.8 Å². The zero-order valence-electron chi connectivity index (χ0n) is 16.9. The lowest BCUT2D eigenvalue weighted by atomic mass is 10.1. The molecular weight excluding hydrogens is 447 g/mol. The van der Waals surface area contributed by atoms with E-state index in [1.807, 2.05) is 0 Å². The average molecular weight is 465 g/mol. The van der Waals surface area contributed by atoms with Crippen molar-refractivity contribution < 1.29 is 37.7 Å². The quantitative estimate of drug-likeness (QED) is 0.558. The number of hydrogen-bond acceptors (Lipinski definition) is 7. The molecule has 0 aliphatic carbocycles. The van der Waals surface area contributed by atoms with E-state index in [0.29, 0.717) is 11.3 Å². The molecule has 1 aliphatic rings. The van der Waals surface area contributed by atoms with Crippen LogP contribution in [0.15, 0.2) is 63.7 Å². The van der Waals surface area contributed by atoms with Crippen LogP contribution in [-0.2, 0) is 15.7 Å². The standard InChI is InChI=1S/C22H18F3NO5S/c1-3-31-21(29)18-19(28)17(9-12-7-8-15(30-2)11-16(12)27)32-20(18)26-14-6-4-5-13(10-14)22(23,24)25/h4-11,27-28H,3H2,1-2H3. The van der Waals surface area contributed by atoms with E-state index < -0.39 is 23.5 Å². The third-order valence-corrected chi connectivity index (χ3v) is 5.32. The molecule has 3 rings (SSSR count). The number of thioether (sulfide) groups is 1. The summed E-state index contributed by atoms with van der Waals surface area (Å²) in [6.45, 7) is 1.60. The number of benzene rings is 2. The molecule has 0 saturated heterocycles. The Morgan fingerprint density at radius 2 is 1.94 bits per heavy atom. The summed E-state index contributed by atoms with van der Waals surface area (Å²) in [4.78, 5) is 16.7. The number of alkyl halides is 3. The SMILES string of the molecule is CCOC(=O)C1=C(O)C(=Cc2ccc(OC)cc2O)SC1=Nc1cccc(C(F)(F)F)c1. The lowest BCUT2D eigenvalue weighted by molar-refractivity contribution is -0.138. The second-order valence-electron chi connectivity index (χ2n) is 6.44. The fourth-order valence-corrected chi connectivity index (χ4v) is 3.80. The Labute approximate surface area is 185 Å². The van der Waals surface area contributed by atoms with Crippen molar-refractivity contribution in [3.05, 3.63) is 69.8 Å². The Kier molecular flexibility index (Phi) is 6.83. The number of methoxy groups -OCH3 is 1. The minimum Gasteiger partial charge on any atom is -0.507 e. The van der Waals surface area contributed by atoms with Crippen LogP contribution in [0.4, 0.5) is 18.9 Å². The Hall–Kier alpha value is -3.40. The van der Waals surface area contributed by atoms with Crippen molar-refractivity contribution >= 4 is 34.5 Å². The number of carbonyl (C=O) groups is 1. The highest BCUT2D eigenvalue weighted by atomic mass is 32.2. The third-order valence-electron chi connectivity index (χ3n) is 4.30. The average Bonchev–Trinajstić information content (AvgIpc) is 3.04. The maximum Gasteiger partial charge on any atom is 0.416 e. The van der Waals surface area contributed by atoms with Crippen molar-refractivity contribution in [1.29, 1.82) is 0 Å². The van der Waals surface area contributed by atoms with Crippen LogP contribution in [0.25, 0.3) is 6.08 Å². The molecule has 0 unspecified atom stereocenters. The molecule has 1 heterocycles. The summed E-state index contributed by atoms with van der Waals surface area (Å²) in [5, 5.41) is 20.8. The van der Waals surface area contributed by atoms with Crippen molar-refractivity contribution in [3.8, 4) is 11.5 Å². The maximum atomic E-state index is 13.0. The van der Waals surface area contributed by atoms with Crippen LogP contribution in [-0.4, -0.2) is 34.9 Å². The van der Waals surface area contributed by atoms with Crippen molar-refractivity contribution in [1.82, 2.24) is 0 Å². The van der Waals surface area contributed by atoms with E-state index in [2.05, 4.69) is 4.99 Å². The molecule has 0 saturated carbocycles. The lowest BCUT2D eigenvalue weighted by Gasteiger charge is -2.07. The van der Waals surface area contributed by atoms with Gasteiger partial charge in [0, 0.05) is 11.6 Å². The van der Waals surface area contributed by atoms with Crippen LogP contribution in [0.5, 0.6) is 11.5 Å². The lowest BCUT2D eigenvalue weighted by Crippen LogP contribution is -2.13. The number of ether oxygens (including phenoxy) is 2. The van der Waals surface area contributed by atoms with E-state index in [-0.39, 0.29) is 33.6 Å². The zero-order valence-corrected chi connectivity index (χ0v) is 17.8. The molecular formula is C22H18F3NO5S. The molecule has 1 aliphatic heterocycles. The van der Waals surface area contributed by atoms with Gasteiger partial charge in [-0.05, 0) is 43.3 Å². The molecule has 32 heavy (non-hydrogen) atoms. The number of phenols is 1. The smallest absolute Gasteiger partial charge is 0.416 e. The normalized spacial score (nSPS) is 16.7. The summed E-state index contributed by atoms with van der Waals surface area (Å²) in [6.07, 6.45) is -3.14. The topological polar surface area (TPSA) is 88.4 Å². The first-order chi connectivity index (χ1) is 15.1. The summed E-state index contributed by atoms with van der Waals surface area (Å²) < 4.78 is 49.1. The highest BCUT2D eigenvalue weighted by Crippen LogP contribution is 2.42. The first-order valence-electron chi connectivity index (χ1n) is 9.27. The van der Waals surface area contributed by atoms with Gasteiger partial charge in [0.15, 0.2) is 0 Å². The van der Waals surface area contributed by atoms with Gasteiger partial charge in [0.2, 0.25) is 0 Å². The van der Waals surface area contributed by atoms with Crippen LogP contribution in [0.1, 0.15) is 18.1 Å². The number of rotatable bonds is 5. The van der Waals surface area contributed by atoms with Crippen molar-refractivity contribution in [2.45, 2.75) is 13.1 Å². The van der Waals surface area contributed by atoms with Gasteiger partial charge in [-0.2, -0.15) is 13.2 Å². The van der Waals surface area contributed by atoms with Crippen LogP contribution >= 0.6 is 11.8 Å². The van der Waals surface area contributed by atoms with Gasteiger partial charge in [-0.25, -0.2) is 9.79 Å². The van der Waals surface area contributed by atoms with E-state index in [1.165, 1.54) is 31.4 Å². The van der Waals surface area contributed by atoms with Crippen molar-refractivity contribution in [3.63, 3.8) is 0 Å². The maximum absolute atomic E-state index is 13.0. The molecule has 2 aromatic carbocycles. The van der Waals surface area contributed by atoms with Gasteiger partial charge in [0.1, 0.15) is 27.9 Å². The fraction of sp³-hybridized carbons (Fsp3) is 0.182. The van der Waals surface area contributed by atoms with E-state index >= 15 is 0 Å². The van der Waals surface area contributed by atoms with Crippen molar-refractivity contribution in [2.75, 3.05) is 13.7 Å². The first-order valence-corrected chi connectivity index (χ1v) is 10.1. The number of esters is 1. The third kappa shape index (κ3) is 5.08. The molecule has 0 fully saturated rings. The van der Waals surface area contributed by atoms with Gasteiger partial charge < -0.3 is 19.7 Å². The van der Waals surface area contributed by atoms with Gasteiger partial charge in [-0.3, -0.25) is 0 Å². The van der Waals surface area contributed by atoms with E-state index in [0.717, 1.165) is 23.9 Å². The number of carbonyl (C=O) groups excluding carboxylic acids is 1. The molecule has 0 bridgehead atoms. The highest BCUT2D eigenvalue weighted by Gasteiger charge is 2.34. The van der Waals surface area contributed by atoms with Crippen LogP contribution < -0.4 is 4.74 Å². The van der Waals surface area contributed by atoms with Crippen LogP contribution in [0.2, 0.25) is 0 Å². The number of halogens is 3. The Morgan fingerprint density at radius 1 is 1.19 bits per heavy atom. The molecule has 0 atom stereocenters. The minimum absolute atomic E-state index is 0.0232. The van der Waals surface area contributed by atoms with Crippen LogP contribution in [0, 0.1) is 0 Å². The van der Waals surface area contributed by atoms with Gasteiger partial charge in [-0.15, -0.1) is 0 Å². The Morgan fingerprint density at radius 3 is 2.56 bits per heavy atom. The predicted molar refractivity (Wildman–Crippen MR) is 115 cm³/mol.